The van der Waals surface area contributed by atoms with Gasteiger partial charge < -0.3 is 10.1 Å². The van der Waals surface area contributed by atoms with Gasteiger partial charge in [0, 0.05) is 26.2 Å². The Balaban J connectivity index is 1.96. The molecule has 0 bridgehead atoms. The molecule has 1 saturated carbocycles. The van der Waals surface area contributed by atoms with Crippen LogP contribution in [0.5, 0.6) is 0 Å². The first-order valence-corrected chi connectivity index (χ1v) is 8.99. The van der Waals surface area contributed by atoms with Crippen LogP contribution < -0.4 is 0 Å². The number of hydrogen-bond acceptors (Lipinski definition) is 4. The van der Waals surface area contributed by atoms with E-state index in [2.05, 4.69) is 10.1 Å². The molecule has 22 heavy (non-hydrogen) atoms. The summed E-state index contributed by atoms with van der Waals surface area (Å²) in [5, 5.41) is 13.2. The van der Waals surface area contributed by atoms with Crippen LogP contribution in [0, 0.1) is 0 Å². The number of carbonyl (C=O) groups excluding carboxylic acids is 1. The normalized spacial score (nSPS) is 28.8. The molecule has 0 aromatic rings. The Morgan fingerprint density at radius 2 is 1.50 bits per heavy atom. The lowest BCUT2D eigenvalue weighted by atomic mass is 9.95. The first-order valence-electron chi connectivity index (χ1n) is 8.99. The Morgan fingerprint density at radius 3 is 2.09 bits per heavy atom. The smallest absolute Gasteiger partial charge is 0.209 e. The van der Waals surface area contributed by atoms with Crippen LogP contribution in [0.1, 0.15) is 64.2 Å². The van der Waals surface area contributed by atoms with E-state index in [1.54, 1.807) is 0 Å². The zero-order valence-electron chi connectivity index (χ0n) is 13.8. The minimum absolute atomic E-state index is 0.262. The van der Waals surface area contributed by atoms with E-state index in [0.29, 0.717) is 0 Å². The Bertz CT molecular complexity index is 352. The second-order valence-corrected chi connectivity index (χ2v) is 6.65. The van der Waals surface area contributed by atoms with Crippen LogP contribution >= 0.6 is 0 Å². The molecule has 0 spiro atoms. The predicted molar refractivity (Wildman–Crippen MR) is 88.4 cm³/mol. The van der Waals surface area contributed by atoms with Gasteiger partial charge >= 0.3 is 0 Å². The second-order valence-electron chi connectivity index (χ2n) is 6.65. The van der Waals surface area contributed by atoms with E-state index in [9.17, 15) is 10.0 Å². The van der Waals surface area contributed by atoms with Crippen LogP contribution in [0.15, 0.2) is 5.16 Å². The molecular formula is C17H31N3O2. The number of rotatable bonds is 2. The molecule has 2 fully saturated rings. The molecule has 1 N–H and O–H groups in total. The van der Waals surface area contributed by atoms with E-state index >= 15 is 0 Å². The van der Waals surface area contributed by atoms with Crippen molar-refractivity contribution in [2.75, 3.05) is 26.2 Å². The lowest BCUT2D eigenvalue weighted by molar-refractivity contribution is -0.119. The van der Waals surface area contributed by atoms with Crippen LogP contribution in [-0.2, 0) is 4.79 Å². The van der Waals surface area contributed by atoms with Gasteiger partial charge in [-0.25, -0.2) is 0 Å². The maximum Gasteiger partial charge on any atom is 0.209 e. The SMILES string of the molecule is O=CN1CCN(C2CCCCCCCCCC/C2=N/O)CC1. The van der Waals surface area contributed by atoms with Gasteiger partial charge in [0.15, 0.2) is 0 Å². The zero-order valence-corrected chi connectivity index (χ0v) is 13.8. The largest absolute Gasteiger partial charge is 0.411 e. The van der Waals surface area contributed by atoms with E-state index in [4.69, 9.17) is 0 Å². The molecule has 1 atom stereocenters. The van der Waals surface area contributed by atoms with Crippen LogP contribution in [0.2, 0.25) is 0 Å². The molecule has 1 unspecified atom stereocenters. The van der Waals surface area contributed by atoms with Crippen LogP contribution in [0.25, 0.3) is 0 Å². The topological polar surface area (TPSA) is 56.1 Å². The average molecular weight is 309 g/mol. The summed E-state index contributed by atoms with van der Waals surface area (Å²) >= 11 is 0. The van der Waals surface area contributed by atoms with Crippen molar-refractivity contribution >= 4 is 12.1 Å². The lowest BCUT2D eigenvalue weighted by Gasteiger charge is -2.38. The van der Waals surface area contributed by atoms with Gasteiger partial charge in [0.25, 0.3) is 0 Å². The van der Waals surface area contributed by atoms with Crippen molar-refractivity contribution in [2.45, 2.75) is 70.3 Å². The second kappa shape index (κ2) is 9.82. The molecule has 0 aromatic carbocycles. The highest BCUT2D eigenvalue weighted by Gasteiger charge is 2.27. The number of hydrogen-bond donors (Lipinski definition) is 1. The van der Waals surface area contributed by atoms with Crippen LogP contribution in [0.4, 0.5) is 0 Å². The van der Waals surface area contributed by atoms with E-state index in [0.717, 1.165) is 57.6 Å². The molecule has 5 nitrogen and oxygen atoms in total. The summed E-state index contributed by atoms with van der Waals surface area (Å²) in [7, 11) is 0. The quantitative estimate of drug-likeness (QED) is 0.485. The fourth-order valence-electron chi connectivity index (χ4n) is 3.70. The summed E-state index contributed by atoms with van der Waals surface area (Å²) in [5.41, 5.74) is 0.958. The van der Waals surface area contributed by atoms with Crippen molar-refractivity contribution in [3.8, 4) is 0 Å². The maximum atomic E-state index is 10.9. The number of amides is 1. The van der Waals surface area contributed by atoms with Crippen molar-refractivity contribution in [2.24, 2.45) is 5.16 Å². The minimum Gasteiger partial charge on any atom is -0.411 e. The molecule has 2 rings (SSSR count). The molecule has 1 saturated heterocycles. The van der Waals surface area contributed by atoms with Gasteiger partial charge in [0.1, 0.15) is 0 Å². The maximum absolute atomic E-state index is 10.9. The summed E-state index contributed by atoms with van der Waals surface area (Å²) in [6.07, 6.45) is 13.1. The molecule has 0 aromatic heterocycles. The number of carbonyl (C=O) groups is 1. The first kappa shape index (κ1) is 17.3. The predicted octanol–water partition coefficient (Wildman–Crippen LogP) is 2.87. The van der Waals surface area contributed by atoms with Crippen molar-refractivity contribution < 1.29 is 10.0 Å². The Labute approximate surface area is 134 Å². The highest BCUT2D eigenvalue weighted by molar-refractivity contribution is 5.89. The molecule has 0 radical (unpaired) electrons. The molecule has 1 aliphatic carbocycles. The van der Waals surface area contributed by atoms with Crippen LogP contribution in [-0.4, -0.2) is 59.3 Å². The van der Waals surface area contributed by atoms with Crippen LogP contribution in [0.3, 0.4) is 0 Å². The van der Waals surface area contributed by atoms with E-state index in [1.165, 1.54) is 44.9 Å². The molecule has 2 aliphatic rings. The number of nitrogens with zero attached hydrogens (tertiary/aromatic N) is 3. The molecular weight excluding hydrogens is 278 g/mol. The highest BCUT2D eigenvalue weighted by atomic mass is 16.4. The Kier molecular flexibility index (Phi) is 7.71. The summed E-state index contributed by atoms with van der Waals surface area (Å²) in [6, 6.07) is 0.262. The summed E-state index contributed by atoms with van der Waals surface area (Å²) in [5.74, 6) is 0. The molecule has 1 amide bonds. The third kappa shape index (κ3) is 5.27. The van der Waals surface area contributed by atoms with E-state index in [-0.39, 0.29) is 6.04 Å². The van der Waals surface area contributed by atoms with Gasteiger partial charge in [-0.2, -0.15) is 0 Å². The summed E-state index contributed by atoms with van der Waals surface area (Å²) in [6.45, 7) is 3.36. The third-order valence-electron chi connectivity index (χ3n) is 5.11. The van der Waals surface area contributed by atoms with Gasteiger partial charge in [-0.15, -0.1) is 0 Å². The van der Waals surface area contributed by atoms with Gasteiger partial charge in [-0.05, 0) is 19.3 Å². The molecule has 1 heterocycles. The van der Waals surface area contributed by atoms with Crippen molar-refractivity contribution in [1.82, 2.24) is 9.80 Å². The lowest BCUT2D eigenvalue weighted by Crippen LogP contribution is -2.52. The molecule has 5 heteroatoms. The number of piperazine rings is 1. The van der Waals surface area contributed by atoms with Gasteiger partial charge in [-0.1, -0.05) is 50.1 Å². The average Bonchev–Trinajstić information content (AvgIpc) is 2.55. The molecule has 126 valence electrons. The highest BCUT2D eigenvalue weighted by Crippen LogP contribution is 2.20. The minimum atomic E-state index is 0.262. The standard InChI is InChI=1S/C17H31N3O2/c21-15-19-11-13-20(14-12-19)17-10-8-6-4-2-1-3-5-7-9-16(17)18-22/h15,17,22H,1-14H2/b18-16-. The fourth-order valence-corrected chi connectivity index (χ4v) is 3.70. The van der Waals surface area contributed by atoms with Gasteiger partial charge in [-0.3, -0.25) is 9.69 Å². The van der Waals surface area contributed by atoms with Crippen molar-refractivity contribution in [1.29, 1.82) is 0 Å². The third-order valence-corrected chi connectivity index (χ3v) is 5.11. The van der Waals surface area contributed by atoms with Gasteiger partial charge in [0.05, 0.1) is 11.8 Å². The van der Waals surface area contributed by atoms with Gasteiger partial charge in [0.2, 0.25) is 6.41 Å². The summed E-state index contributed by atoms with van der Waals surface area (Å²) in [4.78, 5) is 15.1. The van der Waals surface area contributed by atoms with Crippen molar-refractivity contribution in [3.05, 3.63) is 0 Å². The van der Waals surface area contributed by atoms with Crippen molar-refractivity contribution in [3.63, 3.8) is 0 Å². The zero-order chi connectivity index (χ0) is 15.6. The Morgan fingerprint density at radius 1 is 0.909 bits per heavy atom. The van der Waals surface area contributed by atoms with E-state index in [1.807, 2.05) is 4.90 Å². The number of oxime groups is 1. The first-order chi connectivity index (χ1) is 10.8. The van der Waals surface area contributed by atoms with E-state index < -0.39 is 0 Å². The summed E-state index contributed by atoms with van der Waals surface area (Å²) < 4.78 is 0. The monoisotopic (exact) mass is 309 g/mol. The Hall–Kier alpha value is -1.10. The molecule has 1 aliphatic heterocycles. The fraction of sp³-hybridized carbons (Fsp3) is 0.882.